The van der Waals surface area contributed by atoms with Gasteiger partial charge in [0.2, 0.25) is 0 Å². The highest BCUT2D eigenvalue weighted by atomic mass is 79.9. The Morgan fingerprint density at radius 2 is 2.17 bits per heavy atom. The number of hydrogen-bond donors (Lipinski definition) is 2. The van der Waals surface area contributed by atoms with Crippen molar-refractivity contribution < 1.29 is 9.18 Å². The van der Waals surface area contributed by atoms with Crippen LogP contribution in [0.5, 0.6) is 0 Å². The number of fused-ring (bicyclic) bond motifs is 1. The molecule has 5 nitrogen and oxygen atoms in total. The maximum absolute atomic E-state index is 13.8. The standard InChI is InChI=1S/C17H10BrFN4O/c18-12-2-4-16-14(6-12)11(8-21-16)9-22-23-17(24)13-3-1-10(7-20)5-15(13)19/h1-6,8-9,21H,(H,23,24). The van der Waals surface area contributed by atoms with Crippen LogP contribution >= 0.6 is 15.9 Å². The first-order valence-corrected chi connectivity index (χ1v) is 7.67. The lowest BCUT2D eigenvalue weighted by Gasteiger charge is -2.01. The Kier molecular flexibility index (Phi) is 4.40. The van der Waals surface area contributed by atoms with Crippen molar-refractivity contribution >= 4 is 39.0 Å². The van der Waals surface area contributed by atoms with E-state index in [1.54, 1.807) is 6.20 Å². The summed E-state index contributed by atoms with van der Waals surface area (Å²) in [5.74, 6) is -1.45. The van der Waals surface area contributed by atoms with Crippen molar-refractivity contribution in [2.75, 3.05) is 0 Å². The van der Waals surface area contributed by atoms with E-state index in [9.17, 15) is 9.18 Å². The maximum Gasteiger partial charge on any atom is 0.274 e. The number of benzene rings is 2. The minimum atomic E-state index is -0.766. The molecule has 0 spiro atoms. The van der Waals surface area contributed by atoms with Crippen molar-refractivity contribution in [3.05, 3.63) is 69.6 Å². The summed E-state index contributed by atoms with van der Waals surface area (Å²) in [6.45, 7) is 0. The fourth-order valence-corrected chi connectivity index (χ4v) is 2.57. The lowest BCUT2D eigenvalue weighted by Crippen LogP contribution is -2.19. The molecule has 0 fully saturated rings. The number of hydrazone groups is 1. The van der Waals surface area contributed by atoms with Gasteiger partial charge in [-0.25, -0.2) is 9.82 Å². The first-order chi connectivity index (χ1) is 11.6. The van der Waals surface area contributed by atoms with E-state index in [4.69, 9.17) is 5.26 Å². The summed E-state index contributed by atoms with van der Waals surface area (Å²) in [4.78, 5) is 15.0. The Balaban J connectivity index is 1.77. The quantitative estimate of drug-likeness (QED) is 0.533. The molecule has 2 N–H and O–H groups in total. The predicted octanol–water partition coefficient (Wildman–Crippen LogP) is 3.71. The molecule has 3 aromatic rings. The third kappa shape index (κ3) is 3.19. The van der Waals surface area contributed by atoms with Crippen LogP contribution < -0.4 is 5.43 Å². The van der Waals surface area contributed by atoms with Crippen LogP contribution in [0.1, 0.15) is 21.5 Å². The molecule has 7 heteroatoms. The van der Waals surface area contributed by atoms with E-state index in [0.29, 0.717) is 0 Å². The Morgan fingerprint density at radius 3 is 2.92 bits per heavy atom. The van der Waals surface area contributed by atoms with Gasteiger partial charge in [0.25, 0.3) is 5.91 Å². The van der Waals surface area contributed by atoms with Crippen molar-refractivity contribution in [1.82, 2.24) is 10.4 Å². The van der Waals surface area contributed by atoms with Crippen LogP contribution in [0.2, 0.25) is 0 Å². The molecule has 0 aliphatic heterocycles. The molecule has 0 unspecified atom stereocenters. The maximum atomic E-state index is 13.8. The molecule has 3 rings (SSSR count). The molecule has 0 saturated carbocycles. The number of aromatic nitrogens is 1. The molecule has 0 saturated heterocycles. The molecule has 0 radical (unpaired) electrons. The van der Waals surface area contributed by atoms with Gasteiger partial charge in [0.15, 0.2) is 0 Å². The van der Waals surface area contributed by atoms with E-state index in [2.05, 4.69) is 31.4 Å². The molecule has 118 valence electrons. The summed E-state index contributed by atoms with van der Waals surface area (Å²) in [5.41, 5.74) is 3.97. The number of halogens is 2. The second-order valence-corrected chi connectivity index (χ2v) is 5.86. The number of nitrogens with one attached hydrogen (secondary N) is 2. The molecule has 24 heavy (non-hydrogen) atoms. The normalized spacial score (nSPS) is 10.9. The van der Waals surface area contributed by atoms with Crippen molar-refractivity contribution in [2.24, 2.45) is 5.10 Å². The SMILES string of the molecule is N#Cc1ccc(C(=O)NN=Cc2c[nH]c3ccc(Br)cc23)c(F)c1. The van der Waals surface area contributed by atoms with Crippen LogP contribution in [0, 0.1) is 17.1 Å². The van der Waals surface area contributed by atoms with Gasteiger partial charge in [-0.05, 0) is 36.4 Å². The number of carbonyl (C=O) groups is 1. The van der Waals surface area contributed by atoms with E-state index in [1.807, 2.05) is 24.3 Å². The second-order valence-electron chi connectivity index (χ2n) is 4.94. The van der Waals surface area contributed by atoms with E-state index >= 15 is 0 Å². The van der Waals surface area contributed by atoms with Crippen molar-refractivity contribution in [3.8, 4) is 6.07 Å². The summed E-state index contributed by atoms with van der Waals surface area (Å²) < 4.78 is 14.7. The van der Waals surface area contributed by atoms with Gasteiger partial charge in [-0.1, -0.05) is 15.9 Å². The molecule has 1 amide bonds. The number of H-pyrrole nitrogens is 1. The Labute approximate surface area is 144 Å². The van der Waals surface area contributed by atoms with Gasteiger partial charge >= 0.3 is 0 Å². The largest absolute Gasteiger partial charge is 0.361 e. The van der Waals surface area contributed by atoms with E-state index < -0.39 is 11.7 Å². The number of amides is 1. The number of hydrogen-bond acceptors (Lipinski definition) is 3. The van der Waals surface area contributed by atoms with Crippen molar-refractivity contribution in [2.45, 2.75) is 0 Å². The third-order valence-electron chi connectivity index (χ3n) is 3.39. The van der Waals surface area contributed by atoms with Gasteiger partial charge in [0.05, 0.1) is 23.4 Å². The molecule has 1 heterocycles. The highest BCUT2D eigenvalue weighted by Gasteiger charge is 2.11. The molecule has 0 aliphatic carbocycles. The summed E-state index contributed by atoms with van der Waals surface area (Å²) in [7, 11) is 0. The number of carbonyl (C=O) groups excluding carboxylic acids is 1. The number of nitrogens with zero attached hydrogens (tertiary/aromatic N) is 2. The Bertz CT molecular complexity index is 1000. The molecule has 0 atom stereocenters. The fourth-order valence-electron chi connectivity index (χ4n) is 2.21. The molecule has 2 aromatic carbocycles. The van der Waals surface area contributed by atoms with E-state index in [1.165, 1.54) is 18.3 Å². The Morgan fingerprint density at radius 1 is 1.33 bits per heavy atom. The topological polar surface area (TPSA) is 81.0 Å². The minimum absolute atomic E-state index is 0.150. The Hall–Kier alpha value is -2.98. The van der Waals surface area contributed by atoms with Gasteiger partial charge in [-0.2, -0.15) is 10.4 Å². The highest BCUT2D eigenvalue weighted by molar-refractivity contribution is 9.10. The van der Waals surface area contributed by atoms with Crippen LogP contribution in [0.25, 0.3) is 10.9 Å². The van der Waals surface area contributed by atoms with Crippen LogP contribution in [0.15, 0.2) is 52.2 Å². The van der Waals surface area contributed by atoms with Gasteiger partial charge in [0.1, 0.15) is 5.82 Å². The fraction of sp³-hybridized carbons (Fsp3) is 0. The lowest BCUT2D eigenvalue weighted by molar-refractivity contribution is 0.0951. The predicted molar refractivity (Wildman–Crippen MR) is 92.2 cm³/mol. The molecule has 0 bridgehead atoms. The lowest BCUT2D eigenvalue weighted by atomic mass is 10.1. The third-order valence-corrected chi connectivity index (χ3v) is 3.88. The van der Waals surface area contributed by atoms with Crippen LogP contribution in [-0.4, -0.2) is 17.1 Å². The van der Waals surface area contributed by atoms with Gasteiger partial charge in [-0.3, -0.25) is 4.79 Å². The van der Waals surface area contributed by atoms with Gasteiger partial charge < -0.3 is 4.98 Å². The zero-order chi connectivity index (χ0) is 17.1. The summed E-state index contributed by atoms with van der Waals surface area (Å²) in [6.07, 6.45) is 3.24. The smallest absolute Gasteiger partial charge is 0.274 e. The van der Waals surface area contributed by atoms with Crippen molar-refractivity contribution in [3.63, 3.8) is 0 Å². The molecular weight excluding hydrogens is 375 g/mol. The number of aromatic amines is 1. The monoisotopic (exact) mass is 384 g/mol. The average molecular weight is 385 g/mol. The minimum Gasteiger partial charge on any atom is -0.361 e. The van der Waals surface area contributed by atoms with Crippen LogP contribution in [-0.2, 0) is 0 Å². The highest BCUT2D eigenvalue weighted by Crippen LogP contribution is 2.21. The van der Waals surface area contributed by atoms with E-state index in [0.717, 1.165) is 27.0 Å². The first-order valence-electron chi connectivity index (χ1n) is 6.88. The van der Waals surface area contributed by atoms with Crippen LogP contribution in [0.4, 0.5) is 4.39 Å². The molecular formula is C17H10BrFN4O. The van der Waals surface area contributed by atoms with E-state index in [-0.39, 0.29) is 11.1 Å². The first kappa shape index (κ1) is 15.9. The van der Waals surface area contributed by atoms with Crippen molar-refractivity contribution in [1.29, 1.82) is 5.26 Å². The average Bonchev–Trinajstić information content (AvgIpc) is 2.96. The molecule has 0 aliphatic rings. The summed E-state index contributed by atoms with van der Waals surface area (Å²) in [6, 6.07) is 11.2. The van der Waals surface area contributed by atoms with Crippen LogP contribution in [0.3, 0.4) is 0 Å². The second kappa shape index (κ2) is 6.64. The van der Waals surface area contributed by atoms with Gasteiger partial charge in [-0.15, -0.1) is 0 Å². The number of rotatable bonds is 3. The zero-order valence-corrected chi connectivity index (χ0v) is 13.8. The zero-order valence-electron chi connectivity index (χ0n) is 12.2. The van der Waals surface area contributed by atoms with Gasteiger partial charge in [0, 0.05) is 27.1 Å². The molecule has 1 aromatic heterocycles. The summed E-state index contributed by atoms with van der Waals surface area (Å²) >= 11 is 3.40. The summed E-state index contributed by atoms with van der Waals surface area (Å²) in [5, 5.41) is 13.5. The number of nitriles is 1.